The Morgan fingerprint density at radius 2 is 1.68 bits per heavy atom. The van der Waals surface area contributed by atoms with Gasteiger partial charge in [-0.05, 0) is 125 Å². The van der Waals surface area contributed by atoms with Crippen molar-refractivity contribution in [1.29, 1.82) is 0 Å². The zero-order valence-corrected chi connectivity index (χ0v) is 27.7. The van der Waals surface area contributed by atoms with Gasteiger partial charge in [0, 0.05) is 60.0 Å². The van der Waals surface area contributed by atoms with Crippen molar-refractivity contribution < 1.29 is 23.5 Å². The summed E-state index contributed by atoms with van der Waals surface area (Å²) in [5, 5.41) is 18.0. The number of benzene rings is 3. The third-order valence-electron chi connectivity index (χ3n) is 11.2. The van der Waals surface area contributed by atoms with Gasteiger partial charge in [0.2, 0.25) is 0 Å². The molecule has 7 nitrogen and oxygen atoms in total. The zero-order valence-electron chi connectivity index (χ0n) is 27.7. The van der Waals surface area contributed by atoms with E-state index >= 15 is 0 Å². The van der Waals surface area contributed by atoms with Gasteiger partial charge in [0.15, 0.2) is 0 Å². The number of carbonyl (C=O) groups excluding carboxylic acids is 2. The molecule has 3 N–H and O–H groups in total. The van der Waals surface area contributed by atoms with Crippen LogP contribution in [0, 0.1) is 23.1 Å². The van der Waals surface area contributed by atoms with Crippen LogP contribution in [0.15, 0.2) is 65.1 Å². The molecule has 3 aromatic carbocycles. The van der Waals surface area contributed by atoms with Crippen LogP contribution >= 0.6 is 0 Å². The molecule has 4 bridgehead atoms. The maximum atomic E-state index is 13.8. The van der Waals surface area contributed by atoms with Crippen LogP contribution in [0.3, 0.4) is 0 Å². The average molecular weight is 638 g/mol. The third kappa shape index (κ3) is 5.50. The lowest BCUT2D eigenvalue weighted by molar-refractivity contribution is -0.171. The normalized spacial score (nSPS) is 25.1. The Morgan fingerprint density at radius 3 is 2.32 bits per heavy atom. The minimum Gasteiger partial charge on any atom is -0.455 e. The van der Waals surface area contributed by atoms with Gasteiger partial charge in [-0.2, -0.15) is 0 Å². The van der Waals surface area contributed by atoms with E-state index in [1.165, 1.54) is 18.6 Å². The van der Waals surface area contributed by atoms with Crippen molar-refractivity contribution in [3.05, 3.63) is 77.6 Å². The monoisotopic (exact) mass is 637 g/mol. The van der Waals surface area contributed by atoms with Gasteiger partial charge in [-0.15, -0.1) is 0 Å². The number of furan rings is 1. The standard InChI is InChI=1S/C39H44FN3O4/c1-5-43(6-2)32-17-33-31(34(37(45)41-4)35(47-33)26-10-12-29(40)13-11-26)16-30(32)27-8-7-9-28(15-27)36(44)42-23(3)38-18-24-14-25(19-38)21-39(46,20-24)22-38/h7-13,15-17,23-25,46H,5-6,14,18-22H2,1-4H3,(H,41,45)(H,42,44)/t23?,24-,25+,38?,39?. The van der Waals surface area contributed by atoms with E-state index in [9.17, 15) is 19.1 Å². The van der Waals surface area contributed by atoms with Gasteiger partial charge in [-0.25, -0.2) is 4.39 Å². The highest BCUT2D eigenvalue weighted by Crippen LogP contribution is 2.62. The number of amides is 2. The van der Waals surface area contributed by atoms with E-state index < -0.39 is 5.60 Å². The van der Waals surface area contributed by atoms with Crippen LogP contribution in [0.4, 0.5) is 10.1 Å². The first-order chi connectivity index (χ1) is 22.5. The fourth-order valence-corrected chi connectivity index (χ4v) is 9.40. The van der Waals surface area contributed by atoms with Gasteiger partial charge in [0.25, 0.3) is 11.8 Å². The second-order valence-electron chi connectivity index (χ2n) is 14.3. The minimum absolute atomic E-state index is 0.0513. The smallest absolute Gasteiger partial charge is 0.255 e. The highest BCUT2D eigenvalue weighted by atomic mass is 19.1. The SMILES string of the molecule is CCN(CC)c1cc2oc(-c3ccc(F)cc3)c(C(=O)NC)c2cc1-c1cccc(C(=O)NC(C)C23C[C@@H]4C[C@@H](CC(O)(C4)C2)C3)c1. The van der Waals surface area contributed by atoms with Crippen molar-refractivity contribution in [3.63, 3.8) is 0 Å². The predicted molar refractivity (Wildman–Crippen MR) is 183 cm³/mol. The summed E-state index contributed by atoms with van der Waals surface area (Å²) < 4.78 is 20.1. The van der Waals surface area contributed by atoms with E-state index in [-0.39, 0.29) is 29.1 Å². The Bertz CT molecular complexity index is 1830. The lowest BCUT2D eigenvalue weighted by atomic mass is 9.46. The zero-order chi connectivity index (χ0) is 33.1. The van der Waals surface area contributed by atoms with Gasteiger partial charge < -0.3 is 25.1 Å². The quantitative estimate of drug-likeness (QED) is 0.176. The van der Waals surface area contributed by atoms with Crippen molar-refractivity contribution in [1.82, 2.24) is 10.6 Å². The molecule has 4 aromatic rings. The maximum Gasteiger partial charge on any atom is 0.255 e. The molecular weight excluding hydrogens is 593 g/mol. The summed E-state index contributed by atoms with van der Waals surface area (Å²) in [6, 6.07) is 17.5. The molecule has 1 aromatic heterocycles. The van der Waals surface area contributed by atoms with Crippen LogP contribution in [0.5, 0.6) is 0 Å². The van der Waals surface area contributed by atoms with Crippen LogP contribution in [-0.4, -0.2) is 48.7 Å². The Morgan fingerprint density at radius 1 is 0.979 bits per heavy atom. The first-order valence-corrected chi connectivity index (χ1v) is 17.0. The first-order valence-electron chi connectivity index (χ1n) is 17.0. The molecule has 4 aliphatic rings. The number of nitrogens with one attached hydrogen (secondary N) is 2. The van der Waals surface area contributed by atoms with Crippen LogP contribution < -0.4 is 15.5 Å². The molecule has 4 saturated carbocycles. The fourth-order valence-electron chi connectivity index (χ4n) is 9.40. The van der Waals surface area contributed by atoms with Crippen molar-refractivity contribution >= 4 is 28.5 Å². The summed E-state index contributed by atoms with van der Waals surface area (Å²) in [4.78, 5) is 29.4. The van der Waals surface area contributed by atoms with Gasteiger partial charge in [-0.3, -0.25) is 9.59 Å². The molecule has 4 aliphatic carbocycles. The molecule has 246 valence electrons. The average Bonchev–Trinajstić information content (AvgIpc) is 3.42. The van der Waals surface area contributed by atoms with Gasteiger partial charge in [0.05, 0.1) is 11.2 Å². The Hall–Kier alpha value is -4.17. The summed E-state index contributed by atoms with van der Waals surface area (Å²) in [5.74, 6) is 0.665. The van der Waals surface area contributed by atoms with Gasteiger partial charge >= 0.3 is 0 Å². The van der Waals surface area contributed by atoms with Crippen molar-refractivity contribution in [2.24, 2.45) is 17.3 Å². The van der Waals surface area contributed by atoms with Crippen LogP contribution in [0.2, 0.25) is 0 Å². The molecule has 3 unspecified atom stereocenters. The lowest BCUT2D eigenvalue weighted by Gasteiger charge is -2.62. The first kappa shape index (κ1) is 31.4. The Kier molecular flexibility index (Phi) is 7.90. The van der Waals surface area contributed by atoms with E-state index in [1.807, 2.05) is 36.4 Å². The van der Waals surface area contributed by atoms with Crippen molar-refractivity contribution in [2.75, 3.05) is 25.0 Å². The van der Waals surface area contributed by atoms with Crippen molar-refractivity contribution in [3.8, 4) is 22.5 Å². The van der Waals surface area contributed by atoms with E-state index in [1.54, 1.807) is 19.2 Å². The molecule has 5 atom stereocenters. The summed E-state index contributed by atoms with van der Waals surface area (Å²) >= 11 is 0. The molecule has 47 heavy (non-hydrogen) atoms. The molecule has 1 heterocycles. The van der Waals surface area contributed by atoms with Crippen LogP contribution in [0.1, 0.15) is 80.0 Å². The largest absolute Gasteiger partial charge is 0.455 e. The number of nitrogens with zero attached hydrogens (tertiary/aromatic N) is 1. The summed E-state index contributed by atoms with van der Waals surface area (Å²) in [7, 11) is 1.58. The molecule has 4 fully saturated rings. The van der Waals surface area contributed by atoms with Gasteiger partial charge in [-0.1, -0.05) is 12.1 Å². The molecule has 0 aliphatic heterocycles. The third-order valence-corrected chi connectivity index (χ3v) is 11.2. The van der Waals surface area contributed by atoms with Crippen LogP contribution in [-0.2, 0) is 0 Å². The number of fused-ring (bicyclic) bond motifs is 1. The van der Waals surface area contributed by atoms with Crippen molar-refractivity contribution in [2.45, 2.75) is 70.9 Å². The maximum absolute atomic E-state index is 13.8. The summed E-state index contributed by atoms with van der Waals surface area (Å²) in [5.41, 5.74) is 4.11. The number of aliphatic hydroxyl groups is 1. The Labute approximate surface area is 275 Å². The van der Waals surface area contributed by atoms with Gasteiger partial charge in [0.1, 0.15) is 17.2 Å². The molecular formula is C39H44FN3O4. The molecule has 2 amide bonds. The number of hydrogen-bond donors (Lipinski definition) is 3. The number of halogens is 1. The predicted octanol–water partition coefficient (Wildman–Crippen LogP) is 7.56. The molecule has 0 saturated heterocycles. The number of carbonyl (C=O) groups is 2. The van der Waals surface area contributed by atoms with E-state index in [2.05, 4.69) is 36.3 Å². The number of hydrogen-bond acceptors (Lipinski definition) is 5. The molecule has 8 rings (SSSR count). The minimum atomic E-state index is -0.584. The number of rotatable bonds is 9. The molecule has 0 radical (unpaired) electrons. The molecule has 8 heteroatoms. The lowest BCUT2D eigenvalue weighted by Crippen LogP contribution is -2.61. The number of anilines is 1. The topological polar surface area (TPSA) is 94.8 Å². The highest BCUT2D eigenvalue weighted by Gasteiger charge is 2.59. The molecule has 0 spiro atoms. The van der Waals surface area contributed by atoms with E-state index in [4.69, 9.17) is 4.42 Å². The van der Waals surface area contributed by atoms with Crippen LogP contribution in [0.25, 0.3) is 33.4 Å². The Balaban J connectivity index is 1.27. The second-order valence-corrected chi connectivity index (χ2v) is 14.3. The fraction of sp³-hybridized carbons (Fsp3) is 0.436. The highest BCUT2D eigenvalue weighted by molar-refractivity contribution is 6.13. The van der Waals surface area contributed by atoms with E-state index in [0.29, 0.717) is 45.3 Å². The van der Waals surface area contributed by atoms with E-state index in [0.717, 1.165) is 62.0 Å². The summed E-state index contributed by atoms with van der Waals surface area (Å²) in [6.45, 7) is 7.79. The summed E-state index contributed by atoms with van der Waals surface area (Å²) in [6.07, 6.45) is 5.90. The second kappa shape index (κ2) is 11.8.